The van der Waals surface area contributed by atoms with Gasteiger partial charge in [0.15, 0.2) is 0 Å². The average molecular weight is 388 g/mol. The summed E-state index contributed by atoms with van der Waals surface area (Å²) >= 11 is 0. The summed E-state index contributed by atoms with van der Waals surface area (Å²) in [6, 6.07) is 10.5. The number of carbonyl (C=O) groups is 1. The molecule has 0 fully saturated rings. The van der Waals surface area contributed by atoms with Crippen molar-refractivity contribution in [2.24, 2.45) is 5.73 Å². The van der Waals surface area contributed by atoms with Gasteiger partial charge < -0.3 is 20.5 Å². The van der Waals surface area contributed by atoms with Crippen molar-refractivity contribution >= 4 is 36.4 Å². The van der Waals surface area contributed by atoms with Crippen molar-refractivity contribution in [1.29, 1.82) is 0 Å². The normalized spacial score (nSPS) is 10.8. The molecule has 6 nitrogen and oxygen atoms in total. The third-order valence-corrected chi connectivity index (χ3v) is 3.22. The van der Waals surface area contributed by atoms with Gasteiger partial charge in [0.05, 0.1) is 18.5 Å². The molecule has 0 bridgehead atoms. The van der Waals surface area contributed by atoms with Gasteiger partial charge in [-0.3, -0.25) is 4.79 Å². The SMILES string of the molecule is CCc1cccc(Oc2ccc(NC(=O)C(N)COC)cn2)c1.Cl.Cl. The maximum Gasteiger partial charge on any atom is 0.243 e. The molecule has 0 saturated carbocycles. The molecule has 1 aromatic heterocycles. The lowest BCUT2D eigenvalue weighted by Crippen LogP contribution is -2.39. The standard InChI is InChI=1S/C17H21N3O3.2ClH/c1-3-12-5-4-6-14(9-12)23-16-8-7-13(10-19-16)20-17(21)15(18)11-22-2;;/h4-10,15H,3,11,18H2,1-2H3,(H,20,21);2*1H. The quantitative estimate of drug-likeness (QED) is 0.761. The number of halogens is 2. The summed E-state index contributed by atoms with van der Waals surface area (Å²) in [5.41, 5.74) is 7.40. The van der Waals surface area contributed by atoms with Gasteiger partial charge in [-0.2, -0.15) is 0 Å². The van der Waals surface area contributed by atoms with Crippen LogP contribution < -0.4 is 15.8 Å². The maximum absolute atomic E-state index is 11.8. The first-order chi connectivity index (χ1) is 11.1. The van der Waals surface area contributed by atoms with E-state index in [4.69, 9.17) is 15.2 Å². The molecule has 1 aromatic carbocycles. The molecular weight excluding hydrogens is 365 g/mol. The zero-order valence-corrected chi connectivity index (χ0v) is 15.7. The number of aromatic nitrogens is 1. The van der Waals surface area contributed by atoms with E-state index < -0.39 is 6.04 Å². The first-order valence-corrected chi connectivity index (χ1v) is 7.40. The molecule has 1 atom stereocenters. The summed E-state index contributed by atoms with van der Waals surface area (Å²) in [5.74, 6) is 0.867. The second kappa shape index (κ2) is 11.7. The van der Waals surface area contributed by atoms with E-state index in [-0.39, 0.29) is 37.3 Å². The average Bonchev–Trinajstić information content (AvgIpc) is 2.57. The molecule has 0 aliphatic heterocycles. The first kappa shape index (κ1) is 23.1. The van der Waals surface area contributed by atoms with Crippen molar-refractivity contribution in [3.05, 3.63) is 48.2 Å². The number of aryl methyl sites for hydroxylation is 1. The van der Waals surface area contributed by atoms with Gasteiger partial charge in [-0.25, -0.2) is 4.98 Å². The van der Waals surface area contributed by atoms with Gasteiger partial charge in [-0.05, 0) is 30.2 Å². The Kier molecular flexibility index (Phi) is 10.8. The second-order valence-corrected chi connectivity index (χ2v) is 5.04. The van der Waals surface area contributed by atoms with Crippen LogP contribution in [0.25, 0.3) is 0 Å². The molecule has 2 rings (SSSR count). The number of nitrogens with one attached hydrogen (secondary N) is 1. The van der Waals surface area contributed by atoms with Crippen LogP contribution in [0, 0.1) is 0 Å². The summed E-state index contributed by atoms with van der Waals surface area (Å²) in [7, 11) is 1.49. The molecule has 0 aliphatic carbocycles. The predicted molar refractivity (Wildman–Crippen MR) is 103 cm³/mol. The summed E-state index contributed by atoms with van der Waals surface area (Å²) in [5, 5.41) is 2.67. The monoisotopic (exact) mass is 387 g/mol. The van der Waals surface area contributed by atoms with Crippen LogP contribution in [0.1, 0.15) is 12.5 Å². The summed E-state index contributed by atoms with van der Waals surface area (Å²) in [4.78, 5) is 16.0. The number of methoxy groups -OCH3 is 1. The van der Waals surface area contributed by atoms with Crippen LogP contribution in [0.3, 0.4) is 0 Å². The molecule has 138 valence electrons. The van der Waals surface area contributed by atoms with Crippen molar-refractivity contribution in [2.75, 3.05) is 19.0 Å². The Hall–Kier alpha value is -1.86. The molecule has 1 amide bonds. The number of hydrogen-bond acceptors (Lipinski definition) is 5. The van der Waals surface area contributed by atoms with Crippen LogP contribution in [0.4, 0.5) is 5.69 Å². The van der Waals surface area contributed by atoms with Crippen LogP contribution in [0.2, 0.25) is 0 Å². The summed E-state index contributed by atoms with van der Waals surface area (Å²) in [6.07, 6.45) is 2.47. The van der Waals surface area contributed by atoms with Crippen LogP contribution in [-0.2, 0) is 16.0 Å². The minimum absolute atomic E-state index is 0. The number of anilines is 1. The summed E-state index contributed by atoms with van der Waals surface area (Å²) in [6.45, 7) is 2.25. The van der Waals surface area contributed by atoms with Crippen LogP contribution in [0.5, 0.6) is 11.6 Å². The van der Waals surface area contributed by atoms with Crippen LogP contribution in [-0.4, -0.2) is 30.6 Å². The van der Waals surface area contributed by atoms with E-state index in [0.29, 0.717) is 11.6 Å². The highest BCUT2D eigenvalue weighted by molar-refractivity contribution is 5.94. The highest BCUT2D eigenvalue weighted by Crippen LogP contribution is 2.21. The highest BCUT2D eigenvalue weighted by atomic mass is 35.5. The molecule has 2 aromatic rings. The molecule has 0 radical (unpaired) electrons. The zero-order valence-electron chi connectivity index (χ0n) is 14.1. The molecular formula is C17H23Cl2N3O3. The largest absolute Gasteiger partial charge is 0.439 e. The minimum Gasteiger partial charge on any atom is -0.439 e. The molecule has 0 spiro atoms. The molecule has 25 heavy (non-hydrogen) atoms. The maximum atomic E-state index is 11.8. The fourth-order valence-electron chi connectivity index (χ4n) is 1.95. The highest BCUT2D eigenvalue weighted by Gasteiger charge is 2.13. The smallest absolute Gasteiger partial charge is 0.243 e. The molecule has 1 heterocycles. The molecule has 3 N–H and O–H groups in total. The predicted octanol–water partition coefficient (Wildman–Crippen LogP) is 3.19. The zero-order chi connectivity index (χ0) is 16.7. The lowest BCUT2D eigenvalue weighted by molar-refractivity contribution is -0.118. The number of pyridine rings is 1. The Morgan fingerprint density at radius 1 is 1.28 bits per heavy atom. The van der Waals surface area contributed by atoms with Gasteiger partial charge in [0.2, 0.25) is 11.8 Å². The molecule has 0 saturated heterocycles. The Labute approximate surface area is 159 Å². The van der Waals surface area contributed by atoms with Crippen molar-refractivity contribution in [3.8, 4) is 11.6 Å². The number of ether oxygens (including phenoxy) is 2. The Bertz CT molecular complexity index is 654. The van der Waals surface area contributed by atoms with Crippen LogP contribution in [0.15, 0.2) is 42.6 Å². The van der Waals surface area contributed by atoms with Crippen molar-refractivity contribution < 1.29 is 14.3 Å². The van der Waals surface area contributed by atoms with E-state index in [1.165, 1.54) is 18.9 Å². The number of amides is 1. The van der Waals surface area contributed by atoms with Crippen molar-refractivity contribution in [3.63, 3.8) is 0 Å². The lowest BCUT2D eigenvalue weighted by atomic mass is 10.2. The summed E-state index contributed by atoms with van der Waals surface area (Å²) < 4.78 is 10.5. The Morgan fingerprint density at radius 3 is 2.64 bits per heavy atom. The molecule has 1 unspecified atom stereocenters. The van der Waals surface area contributed by atoms with E-state index in [0.717, 1.165) is 12.2 Å². The second-order valence-electron chi connectivity index (χ2n) is 5.04. The Morgan fingerprint density at radius 2 is 2.04 bits per heavy atom. The number of nitrogens with zero attached hydrogens (tertiary/aromatic N) is 1. The number of hydrogen-bond donors (Lipinski definition) is 2. The third-order valence-electron chi connectivity index (χ3n) is 3.22. The fraction of sp³-hybridized carbons (Fsp3) is 0.294. The Balaban J connectivity index is 0.00000288. The topological polar surface area (TPSA) is 86.5 Å². The fourth-order valence-corrected chi connectivity index (χ4v) is 1.95. The lowest BCUT2D eigenvalue weighted by Gasteiger charge is -2.11. The van der Waals surface area contributed by atoms with Crippen molar-refractivity contribution in [2.45, 2.75) is 19.4 Å². The van der Waals surface area contributed by atoms with E-state index in [1.54, 1.807) is 12.1 Å². The van der Waals surface area contributed by atoms with Gasteiger partial charge in [0.25, 0.3) is 0 Å². The molecule has 0 aliphatic rings. The van der Waals surface area contributed by atoms with Crippen molar-refractivity contribution in [1.82, 2.24) is 4.98 Å². The van der Waals surface area contributed by atoms with Gasteiger partial charge in [-0.1, -0.05) is 19.1 Å². The van der Waals surface area contributed by atoms with E-state index >= 15 is 0 Å². The number of rotatable bonds is 7. The van der Waals surface area contributed by atoms with Gasteiger partial charge >= 0.3 is 0 Å². The van der Waals surface area contributed by atoms with E-state index in [1.807, 2.05) is 24.3 Å². The van der Waals surface area contributed by atoms with Gasteiger partial charge in [0, 0.05) is 13.2 Å². The first-order valence-electron chi connectivity index (χ1n) is 7.40. The van der Waals surface area contributed by atoms with Gasteiger partial charge in [0.1, 0.15) is 11.8 Å². The van der Waals surface area contributed by atoms with E-state index in [9.17, 15) is 4.79 Å². The molecule has 8 heteroatoms. The number of benzene rings is 1. The van der Waals surface area contributed by atoms with Crippen LogP contribution >= 0.6 is 24.8 Å². The van der Waals surface area contributed by atoms with Gasteiger partial charge in [-0.15, -0.1) is 24.8 Å². The number of carbonyl (C=O) groups excluding carboxylic acids is 1. The third kappa shape index (κ3) is 7.27. The van der Waals surface area contributed by atoms with E-state index in [2.05, 4.69) is 17.2 Å². The number of nitrogens with two attached hydrogens (primary N) is 1. The minimum atomic E-state index is -0.715.